The maximum Gasteiger partial charge on any atom is 0.243 e. The van der Waals surface area contributed by atoms with Gasteiger partial charge in [0.2, 0.25) is 21.8 Å². The van der Waals surface area contributed by atoms with Crippen LogP contribution in [0.2, 0.25) is 0 Å². The molecule has 2 amide bonds. The van der Waals surface area contributed by atoms with Crippen LogP contribution >= 0.6 is 12.4 Å². The van der Waals surface area contributed by atoms with Crippen molar-refractivity contribution in [3.8, 4) is 0 Å². The predicted molar refractivity (Wildman–Crippen MR) is 94.4 cm³/mol. The fraction of sp³-hybridized carbons (Fsp3) is 0.429. The number of hydrogen-bond donors (Lipinski definition) is 4. The number of rotatable bonds is 7. The highest BCUT2D eigenvalue weighted by atomic mass is 35.5. The summed E-state index contributed by atoms with van der Waals surface area (Å²) in [6.07, 6.45) is 0. The second-order valence-corrected chi connectivity index (χ2v) is 7.16. The first-order chi connectivity index (χ1) is 10.7. The van der Waals surface area contributed by atoms with Crippen molar-refractivity contribution in [3.05, 3.63) is 24.3 Å². The fourth-order valence-electron chi connectivity index (χ4n) is 1.65. The number of sulfonamides is 1. The highest BCUT2D eigenvalue weighted by Gasteiger charge is 2.18. The summed E-state index contributed by atoms with van der Waals surface area (Å²) in [6, 6.07) is 5.10. The maximum atomic E-state index is 11.8. The van der Waals surface area contributed by atoms with Gasteiger partial charge in [-0.25, -0.2) is 13.1 Å². The Labute approximate surface area is 148 Å². The summed E-state index contributed by atoms with van der Waals surface area (Å²) in [6.45, 7) is 3.36. The van der Waals surface area contributed by atoms with Crippen LogP contribution in [0.3, 0.4) is 0 Å². The summed E-state index contributed by atoms with van der Waals surface area (Å²) in [5, 5.41) is 4.95. The predicted octanol–water partition coefficient (Wildman–Crippen LogP) is 0.0545. The largest absolute Gasteiger partial charge is 0.346 e. The number of nitrogens with two attached hydrogens (primary N) is 1. The average molecular weight is 379 g/mol. The molecule has 0 aliphatic rings. The van der Waals surface area contributed by atoms with Crippen molar-refractivity contribution in [1.29, 1.82) is 0 Å². The molecule has 0 heterocycles. The van der Waals surface area contributed by atoms with Crippen LogP contribution in [0.15, 0.2) is 29.2 Å². The molecule has 0 aliphatic carbocycles. The molecule has 0 radical (unpaired) electrons. The topological polar surface area (TPSA) is 130 Å². The van der Waals surface area contributed by atoms with Gasteiger partial charge in [0.1, 0.15) is 0 Å². The van der Waals surface area contributed by atoms with E-state index >= 15 is 0 Å². The van der Waals surface area contributed by atoms with Crippen molar-refractivity contribution in [2.75, 3.05) is 18.9 Å². The normalized spacial score (nSPS) is 12.2. The van der Waals surface area contributed by atoms with Gasteiger partial charge < -0.3 is 16.4 Å². The Hall–Kier alpha value is -1.68. The van der Waals surface area contributed by atoms with E-state index in [-0.39, 0.29) is 29.8 Å². The Morgan fingerprint density at radius 2 is 1.88 bits per heavy atom. The number of nitrogens with one attached hydrogen (secondary N) is 3. The maximum absolute atomic E-state index is 11.8. The summed E-state index contributed by atoms with van der Waals surface area (Å²) < 4.78 is 25.6. The molecule has 0 unspecified atom stereocenters. The van der Waals surface area contributed by atoms with Gasteiger partial charge >= 0.3 is 0 Å². The molecule has 136 valence electrons. The number of amides is 2. The van der Waals surface area contributed by atoms with E-state index < -0.39 is 27.9 Å². The zero-order valence-corrected chi connectivity index (χ0v) is 15.3. The molecule has 5 N–H and O–H groups in total. The van der Waals surface area contributed by atoms with Gasteiger partial charge in [-0.05, 0) is 31.2 Å². The third-order valence-electron chi connectivity index (χ3n) is 3.14. The summed E-state index contributed by atoms with van der Waals surface area (Å²) in [4.78, 5) is 23.5. The molecule has 10 heteroatoms. The summed E-state index contributed by atoms with van der Waals surface area (Å²) >= 11 is 0. The molecule has 0 saturated heterocycles. The Morgan fingerprint density at radius 1 is 1.25 bits per heavy atom. The number of halogens is 1. The van der Waals surface area contributed by atoms with Gasteiger partial charge in [0.05, 0.1) is 17.5 Å². The van der Waals surface area contributed by atoms with E-state index in [9.17, 15) is 18.0 Å². The van der Waals surface area contributed by atoms with Crippen LogP contribution in [0, 0.1) is 5.92 Å². The van der Waals surface area contributed by atoms with Gasteiger partial charge in [0.25, 0.3) is 0 Å². The molecule has 1 atom stereocenters. The molecule has 0 saturated carbocycles. The third-order valence-corrected chi connectivity index (χ3v) is 4.55. The Kier molecular flexibility index (Phi) is 8.91. The van der Waals surface area contributed by atoms with Crippen LogP contribution in [0.25, 0.3) is 0 Å². The average Bonchev–Trinajstić information content (AvgIpc) is 2.51. The smallest absolute Gasteiger partial charge is 0.243 e. The minimum Gasteiger partial charge on any atom is -0.346 e. The van der Waals surface area contributed by atoms with E-state index in [0.29, 0.717) is 5.69 Å². The van der Waals surface area contributed by atoms with E-state index in [0.717, 1.165) is 0 Å². The van der Waals surface area contributed by atoms with E-state index in [4.69, 9.17) is 5.73 Å². The lowest BCUT2D eigenvalue weighted by Gasteiger charge is -2.15. The van der Waals surface area contributed by atoms with Gasteiger partial charge in [-0.15, -0.1) is 12.4 Å². The van der Waals surface area contributed by atoms with Crippen molar-refractivity contribution < 1.29 is 18.0 Å². The van der Waals surface area contributed by atoms with Crippen LogP contribution < -0.4 is 21.1 Å². The van der Waals surface area contributed by atoms with Crippen LogP contribution in [0.4, 0.5) is 5.69 Å². The van der Waals surface area contributed by atoms with Gasteiger partial charge in [0, 0.05) is 5.69 Å². The first-order valence-electron chi connectivity index (χ1n) is 7.04. The molecular formula is C14H23ClN4O4S. The van der Waals surface area contributed by atoms with Crippen molar-refractivity contribution in [3.63, 3.8) is 0 Å². The summed E-state index contributed by atoms with van der Waals surface area (Å²) in [5.74, 6) is -0.934. The SMILES string of the molecule is CNS(=O)(=O)c1cccc(NC(=O)CNC(=O)[C@@H](N)C(C)C)c1.Cl. The lowest BCUT2D eigenvalue weighted by atomic mass is 10.1. The lowest BCUT2D eigenvalue weighted by molar-refractivity contribution is -0.125. The standard InChI is InChI=1S/C14H22N4O4S.ClH/c1-9(2)13(15)14(20)17-8-12(19)18-10-5-4-6-11(7-10)23(21,22)16-3;/h4-7,9,13,16H,8,15H2,1-3H3,(H,17,20)(H,18,19);1H/t13-;/m0./s1. The van der Waals surface area contributed by atoms with Crippen molar-refractivity contribution >= 4 is 39.9 Å². The number of carbonyl (C=O) groups excluding carboxylic acids is 2. The molecule has 0 bridgehead atoms. The minimum atomic E-state index is -3.59. The van der Waals surface area contributed by atoms with Crippen molar-refractivity contribution in [2.24, 2.45) is 11.7 Å². The lowest BCUT2D eigenvalue weighted by Crippen LogP contribution is -2.46. The van der Waals surface area contributed by atoms with Crippen LogP contribution in [-0.2, 0) is 19.6 Å². The van der Waals surface area contributed by atoms with Crippen LogP contribution in [0.5, 0.6) is 0 Å². The zero-order valence-electron chi connectivity index (χ0n) is 13.7. The van der Waals surface area contributed by atoms with Crippen molar-refractivity contribution in [1.82, 2.24) is 10.0 Å². The molecular weight excluding hydrogens is 356 g/mol. The Balaban J connectivity index is 0.00000529. The quantitative estimate of drug-likeness (QED) is 0.532. The molecule has 24 heavy (non-hydrogen) atoms. The van der Waals surface area contributed by atoms with Crippen LogP contribution in [0.1, 0.15) is 13.8 Å². The monoisotopic (exact) mass is 378 g/mol. The molecule has 0 aliphatic heterocycles. The summed E-state index contributed by atoms with van der Waals surface area (Å²) in [5.41, 5.74) is 5.98. The van der Waals surface area contributed by atoms with E-state index in [1.54, 1.807) is 19.9 Å². The van der Waals surface area contributed by atoms with Crippen molar-refractivity contribution in [2.45, 2.75) is 24.8 Å². The highest BCUT2D eigenvalue weighted by Crippen LogP contribution is 2.14. The second-order valence-electron chi connectivity index (χ2n) is 5.27. The molecule has 0 spiro atoms. The first kappa shape index (κ1) is 22.3. The molecule has 8 nitrogen and oxygen atoms in total. The molecule has 0 fully saturated rings. The first-order valence-corrected chi connectivity index (χ1v) is 8.52. The molecule has 1 aromatic carbocycles. The summed E-state index contributed by atoms with van der Waals surface area (Å²) in [7, 11) is -2.29. The number of anilines is 1. The van der Waals surface area contributed by atoms with Gasteiger partial charge in [-0.3, -0.25) is 9.59 Å². The fourth-order valence-corrected chi connectivity index (χ4v) is 2.43. The Bertz CT molecular complexity index is 679. The van der Waals surface area contributed by atoms with Gasteiger partial charge in [-0.1, -0.05) is 19.9 Å². The zero-order chi connectivity index (χ0) is 17.6. The number of benzene rings is 1. The van der Waals surface area contributed by atoms with Gasteiger partial charge in [0.15, 0.2) is 0 Å². The van der Waals surface area contributed by atoms with Crippen LogP contribution in [-0.4, -0.2) is 39.9 Å². The number of hydrogen-bond acceptors (Lipinski definition) is 5. The van der Waals surface area contributed by atoms with E-state index in [1.165, 1.54) is 25.2 Å². The third kappa shape index (κ3) is 6.44. The molecule has 1 aromatic rings. The second kappa shape index (κ2) is 9.58. The van der Waals surface area contributed by atoms with E-state index in [2.05, 4.69) is 15.4 Å². The van der Waals surface area contributed by atoms with E-state index in [1.807, 2.05) is 0 Å². The highest BCUT2D eigenvalue weighted by molar-refractivity contribution is 7.89. The Morgan fingerprint density at radius 3 is 2.42 bits per heavy atom. The molecule has 1 rings (SSSR count). The van der Waals surface area contributed by atoms with Gasteiger partial charge in [-0.2, -0.15) is 0 Å². The number of carbonyl (C=O) groups is 2. The minimum absolute atomic E-state index is 0. The molecule has 0 aromatic heterocycles.